The van der Waals surface area contributed by atoms with Gasteiger partial charge in [-0.1, -0.05) is 19.3 Å². The normalized spacial score (nSPS) is 25.0. The van der Waals surface area contributed by atoms with E-state index < -0.39 is 17.5 Å². The molecule has 1 aromatic carbocycles. The lowest BCUT2D eigenvalue weighted by atomic mass is 9.78. The number of ether oxygens (including phenoxy) is 1. The van der Waals surface area contributed by atoms with Crippen molar-refractivity contribution in [1.82, 2.24) is 0 Å². The van der Waals surface area contributed by atoms with Crippen LogP contribution in [0.4, 0.5) is 18.9 Å². The molecule has 116 valence electrons. The van der Waals surface area contributed by atoms with Gasteiger partial charge in [0.25, 0.3) is 0 Å². The van der Waals surface area contributed by atoms with Gasteiger partial charge in [-0.25, -0.2) is 13.2 Å². The van der Waals surface area contributed by atoms with E-state index in [1.807, 2.05) is 0 Å². The van der Waals surface area contributed by atoms with E-state index in [2.05, 4.69) is 5.32 Å². The van der Waals surface area contributed by atoms with Gasteiger partial charge < -0.3 is 10.1 Å². The fourth-order valence-electron chi connectivity index (χ4n) is 3.57. The van der Waals surface area contributed by atoms with Crippen molar-refractivity contribution in [3.8, 4) is 0 Å². The van der Waals surface area contributed by atoms with E-state index in [0.717, 1.165) is 37.8 Å². The lowest BCUT2D eigenvalue weighted by molar-refractivity contribution is -0.103. The molecule has 2 aliphatic rings. The molecule has 1 saturated heterocycles. The monoisotopic (exact) mass is 299 g/mol. The van der Waals surface area contributed by atoms with Crippen molar-refractivity contribution < 1.29 is 17.9 Å². The van der Waals surface area contributed by atoms with Gasteiger partial charge in [-0.3, -0.25) is 0 Å². The van der Waals surface area contributed by atoms with E-state index in [4.69, 9.17) is 4.74 Å². The van der Waals surface area contributed by atoms with Gasteiger partial charge in [-0.15, -0.1) is 0 Å². The maximum atomic E-state index is 13.3. The first-order chi connectivity index (χ1) is 10.1. The first kappa shape index (κ1) is 14.7. The highest BCUT2D eigenvalue weighted by molar-refractivity contribution is 5.45. The molecule has 0 radical (unpaired) electrons. The number of benzene rings is 1. The van der Waals surface area contributed by atoms with Crippen LogP contribution in [-0.2, 0) is 4.74 Å². The second-order valence-corrected chi connectivity index (χ2v) is 6.18. The van der Waals surface area contributed by atoms with E-state index in [0.29, 0.717) is 12.3 Å². The minimum absolute atomic E-state index is 0.0781. The first-order valence-electron chi connectivity index (χ1n) is 7.63. The SMILES string of the molecule is Fc1cc(NC2CCOC3(CCCCC3)C2)cc(F)c1F. The van der Waals surface area contributed by atoms with Crippen LogP contribution in [0.1, 0.15) is 44.9 Å². The Balaban J connectivity index is 1.70. The van der Waals surface area contributed by atoms with E-state index in [-0.39, 0.29) is 11.6 Å². The number of anilines is 1. The van der Waals surface area contributed by atoms with Crippen LogP contribution in [0.25, 0.3) is 0 Å². The molecule has 1 aliphatic heterocycles. The Morgan fingerprint density at radius 1 is 1.05 bits per heavy atom. The average Bonchev–Trinajstić information content (AvgIpc) is 2.45. The van der Waals surface area contributed by atoms with Gasteiger partial charge in [0.2, 0.25) is 0 Å². The lowest BCUT2D eigenvalue weighted by Gasteiger charge is -2.44. The predicted octanol–water partition coefficient (Wildman–Crippen LogP) is 4.40. The summed E-state index contributed by atoms with van der Waals surface area (Å²) in [5.74, 6) is -3.73. The number of nitrogens with one attached hydrogen (secondary N) is 1. The second kappa shape index (κ2) is 5.87. The minimum Gasteiger partial charge on any atom is -0.382 e. The molecule has 3 rings (SSSR count). The molecule has 5 heteroatoms. The Morgan fingerprint density at radius 2 is 1.71 bits per heavy atom. The Hall–Kier alpha value is -1.23. The van der Waals surface area contributed by atoms with E-state index in [9.17, 15) is 13.2 Å². The molecule has 2 nitrogen and oxygen atoms in total. The summed E-state index contributed by atoms with van der Waals surface area (Å²) in [5, 5.41) is 3.13. The average molecular weight is 299 g/mol. The van der Waals surface area contributed by atoms with Crippen LogP contribution in [0.15, 0.2) is 12.1 Å². The molecule has 2 fully saturated rings. The Bertz CT molecular complexity index is 486. The molecular formula is C16H20F3NO. The molecule has 21 heavy (non-hydrogen) atoms. The molecule has 0 bridgehead atoms. The fraction of sp³-hybridized carbons (Fsp3) is 0.625. The third-order valence-corrected chi connectivity index (χ3v) is 4.61. The zero-order valence-corrected chi connectivity index (χ0v) is 11.9. The van der Waals surface area contributed by atoms with Crippen LogP contribution < -0.4 is 5.32 Å². The third kappa shape index (κ3) is 3.18. The first-order valence-corrected chi connectivity index (χ1v) is 7.63. The summed E-state index contributed by atoms with van der Waals surface area (Å²) in [6.45, 7) is 0.657. The third-order valence-electron chi connectivity index (χ3n) is 4.61. The largest absolute Gasteiger partial charge is 0.382 e. The molecule has 1 N–H and O–H groups in total. The molecule has 1 heterocycles. The van der Waals surface area contributed by atoms with Gasteiger partial charge in [0, 0.05) is 30.5 Å². The molecule has 0 aromatic heterocycles. The minimum atomic E-state index is -1.42. The zero-order valence-electron chi connectivity index (χ0n) is 11.9. The summed E-state index contributed by atoms with van der Waals surface area (Å²) in [4.78, 5) is 0. The summed E-state index contributed by atoms with van der Waals surface area (Å²) < 4.78 is 45.5. The van der Waals surface area contributed by atoms with Crippen molar-refractivity contribution in [2.24, 2.45) is 0 Å². The summed E-state index contributed by atoms with van der Waals surface area (Å²) in [6, 6.07) is 2.14. The van der Waals surface area contributed by atoms with Crippen molar-refractivity contribution >= 4 is 5.69 Å². The molecule has 1 spiro atoms. The lowest BCUT2D eigenvalue weighted by Crippen LogP contribution is -2.45. The predicted molar refractivity (Wildman–Crippen MR) is 74.7 cm³/mol. The van der Waals surface area contributed by atoms with Crippen LogP contribution in [0.2, 0.25) is 0 Å². The Labute approximate surface area is 122 Å². The summed E-state index contributed by atoms with van der Waals surface area (Å²) in [7, 11) is 0. The summed E-state index contributed by atoms with van der Waals surface area (Å²) in [6.07, 6.45) is 7.33. The molecule has 1 unspecified atom stereocenters. The molecular weight excluding hydrogens is 279 g/mol. The second-order valence-electron chi connectivity index (χ2n) is 6.18. The summed E-state index contributed by atoms with van der Waals surface area (Å²) >= 11 is 0. The van der Waals surface area contributed by atoms with E-state index in [1.54, 1.807) is 0 Å². The topological polar surface area (TPSA) is 21.3 Å². The number of hydrogen-bond donors (Lipinski definition) is 1. The van der Waals surface area contributed by atoms with Crippen LogP contribution in [-0.4, -0.2) is 18.2 Å². The van der Waals surface area contributed by atoms with Gasteiger partial charge in [0.05, 0.1) is 5.60 Å². The van der Waals surface area contributed by atoms with Crippen molar-refractivity contribution in [2.75, 3.05) is 11.9 Å². The van der Waals surface area contributed by atoms with Gasteiger partial charge in [0.15, 0.2) is 17.5 Å². The molecule has 0 amide bonds. The number of rotatable bonds is 2. The number of halogens is 3. The Kier molecular flexibility index (Phi) is 4.11. The maximum absolute atomic E-state index is 13.3. The van der Waals surface area contributed by atoms with Crippen molar-refractivity contribution in [1.29, 1.82) is 0 Å². The van der Waals surface area contributed by atoms with Gasteiger partial charge in [-0.2, -0.15) is 0 Å². The van der Waals surface area contributed by atoms with Gasteiger partial charge in [0.1, 0.15) is 0 Å². The van der Waals surface area contributed by atoms with Gasteiger partial charge >= 0.3 is 0 Å². The van der Waals surface area contributed by atoms with Crippen molar-refractivity contribution in [3.63, 3.8) is 0 Å². The van der Waals surface area contributed by atoms with Crippen LogP contribution in [0.3, 0.4) is 0 Å². The smallest absolute Gasteiger partial charge is 0.194 e. The van der Waals surface area contributed by atoms with Crippen LogP contribution in [0.5, 0.6) is 0 Å². The quantitative estimate of drug-likeness (QED) is 0.817. The van der Waals surface area contributed by atoms with Crippen LogP contribution >= 0.6 is 0 Å². The molecule has 1 aromatic rings. The van der Waals surface area contributed by atoms with Crippen molar-refractivity contribution in [3.05, 3.63) is 29.6 Å². The highest BCUT2D eigenvalue weighted by atomic mass is 19.2. The van der Waals surface area contributed by atoms with Crippen molar-refractivity contribution in [2.45, 2.75) is 56.6 Å². The van der Waals surface area contributed by atoms with E-state index >= 15 is 0 Å². The Morgan fingerprint density at radius 3 is 2.38 bits per heavy atom. The molecule has 1 aliphatic carbocycles. The fourth-order valence-corrected chi connectivity index (χ4v) is 3.57. The number of hydrogen-bond acceptors (Lipinski definition) is 2. The van der Waals surface area contributed by atoms with Crippen LogP contribution in [0, 0.1) is 17.5 Å². The molecule has 1 atom stereocenters. The zero-order chi connectivity index (χ0) is 14.9. The molecule has 1 saturated carbocycles. The highest BCUT2D eigenvalue weighted by Crippen LogP contribution is 2.39. The summed E-state index contributed by atoms with van der Waals surface area (Å²) in [5.41, 5.74) is 0.218. The maximum Gasteiger partial charge on any atom is 0.194 e. The highest BCUT2D eigenvalue weighted by Gasteiger charge is 2.38. The standard InChI is InChI=1S/C16H20F3NO/c17-13-8-12(9-14(18)15(13)19)20-11-4-7-21-16(10-11)5-2-1-3-6-16/h8-9,11,20H,1-7,10H2. The van der Waals surface area contributed by atoms with E-state index in [1.165, 1.54) is 19.3 Å². The van der Waals surface area contributed by atoms with Gasteiger partial charge in [-0.05, 0) is 25.7 Å².